The third-order valence-corrected chi connectivity index (χ3v) is 4.64. The Hall–Kier alpha value is -1.13. The lowest BCUT2D eigenvalue weighted by molar-refractivity contribution is 0.240. The maximum Gasteiger partial charge on any atom is 0.0946 e. The van der Waals surface area contributed by atoms with Crippen molar-refractivity contribution >= 4 is 15.9 Å². The Labute approximate surface area is 135 Å². The van der Waals surface area contributed by atoms with Crippen molar-refractivity contribution in [1.82, 2.24) is 14.9 Å². The van der Waals surface area contributed by atoms with Gasteiger partial charge in [-0.15, -0.1) is 0 Å². The molecule has 0 saturated carbocycles. The van der Waals surface area contributed by atoms with Crippen molar-refractivity contribution in [3.05, 3.63) is 52.5 Å². The second-order valence-corrected chi connectivity index (χ2v) is 7.50. The predicted molar refractivity (Wildman–Crippen MR) is 91.2 cm³/mol. The molecule has 0 spiro atoms. The molecule has 2 rings (SSSR count). The zero-order chi connectivity index (χ0) is 15.5. The Bertz CT molecular complexity index is 570. The summed E-state index contributed by atoms with van der Waals surface area (Å²) >= 11 is 3.60. The summed E-state index contributed by atoms with van der Waals surface area (Å²) in [5.74, 6) is 0. The van der Waals surface area contributed by atoms with E-state index in [2.05, 4.69) is 76.7 Å². The Kier molecular flexibility index (Phi) is 5.22. The summed E-state index contributed by atoms with van der Waals surface area (Å²) in [7, 11) is 0. The number of hydrogen-bond donors (Lipinski definition) is 1. The maximum absolute atomic E-state index is 4.13. The first-order valence-electron chi connectivity index (χ1n) is 7.30. The second-order valence-electron chi connectivity index (χ2n) is 6.64. The standard InChI is InChI=1S/C17H24BrN3/c1-13-5-6-14(9-15(13)18)10-20-16(17(2,3)4)11-21-8-7-19-12-21/h5-9,12,16,20H,10-11H2,1-4H3. The first-order valence-corrected chi connectivity index (χ1v) is 8.10. The third-order valence-electron chi connectivity index (χ3n) is 3.79. The van der Waals surface area contributed by atoms with Gasteiger partial charge in [0.2, 0.25) is 0 Å². The topological polar surface area (TPSA) is 29.9 Å². The highest BCUT2D eigenvalue weighted by Gasteiger charge is 2.24. The smallest absolute Gasteiger partial charge is 0.0946 e. The van der Waals surface area contributed by atoms with E-state index in [1.807, 2.05) is 18.7 Å². The largest absolute Gasteiger partial charge is 0.336 e. The maximum atomic E-state index is 4.13. The van der Waals surface area contributed by atoms with E-state index in [-0.39, 0.29) is 5.41 Å². The SMILES string of the molecule is Cc1ccc(CNC(Cn2ccnc2)C(C)(C)C)cc1Br. The molecule has 1 aromatic heterocycles. The van der Waals surface area contributed by atoms with Crippen LogP contribution in [0.2, 0.25) is 0 Å². The van der Waals surface area contributed by atoms with Crippen molar-refractivity contribution in [2.45, 2.75) is 46.8 Å². The summed E-state index contributed by atoms with van der Waals surface area (Å²) in [5, 5.41) is 3.69. The molecule has 0 saturated heterocycles. The van der Waals surface area contributed by atoms with Gasteiger partial charge in [-0.3, -0.25) is 0 Å². The summed E-state index contributed by atoms with van der Waals surface area (Å²) < 4.78 is 3.30. The first kappa shape index (κ1) is 16.2. The number of halogens is 1. The molecule has 1 atom stereocenters. The number of aryl methyl sites for hydroxylation is 1. The van der Waals surface area contributed by atoms with Crippen molar-refractivity contribution < 1.29 is 0 Å². The van der Waals surface area contributed by atoms with Crippen LogP contribution in [0.25, 0.3) is 0 Å². The lowest BCUT2D eigenvalue weighted by atomic mass is 9.86. The minimum atomic E-state index is 0.187. The number of nitrogens with zero attached hydrogens (tertiary/aromatic N) is 2. The van der Waals surface area contributed by atoms with E-state index in [1.165, 1.54) is 15.6 Å². The van der Waals surface area contributed by atoms with E-state index in [1.54, 1.807) is 0 Å². The van der Waals surface area contributed by atoms with E-state index in [0.717, 1.165) is 13.1 Å². The predicted octanol–water partition coefficient (Wildman–Crippen LogP) is 4.16. The summed E-state index contributed by atoms with van der Waals surface area (Å²) in [6, 6.07) is 6.92. The highest BCUT2D eigenvalue weighted by Crippen LogP contribution is 2.22. The molecule has 1 unspecified atom stereocenters. The van der Waals surface area contributed by atoms with Gasteiger partial charge >= 0.3 is 0 Å². The van der Waals surface area contributed by atoms with Gasteiger partial charge in [-0.2, -0.15) is 0 Å². The number of aromatic nitrogens is 2. The van der Waals surface area contributed by atoms with Gasteiger partial charge in [-0.05, 0) is 29.5 Å². The Morgan fingerprint density at radius 3 is 2.67 bits per heavy atom. The van der Waals surface area contributed by atoms with Crippen LogP contribution < -0.4 is 5.32 Å². The zero-order valence-electron chi connectivity index (χ0n) is 13.2. The minimum Gasteiger partial charge on any atom is -0.336 e. The summed E-state index contributed by atoms with van der Waals surface area (Å²) in [6.07, 6.45) is 5.72. The van der Waals surface area contributed by atoms with Crippen molar-refractivity contribution in [2.75, 3.05) is 0 Å². The molecule has 0 aliphatic heterocycles. The molecule has 1 heterocycles. The lowest BCUT2D eigenvalue weighted by Gasteiger charge is -2.32. The van der Waals surface area contributed by atoms with Crippen molar-refractivity contribution in [2.24, 2.45) is 5.41 Å². The average Bonchev–Trinajstić information content (AvgIpc) is 2.90. The molecule has 1 aromatic carbocycles. The zero-order valence-corrected chi connectivity index (χ0v) is 14.8. The van der Waals surface area contributed by atoms with Gasteiger partial charge < -0.3 is 9.88 Å². The molecular weight excluding hydrogens is 326 g/mol. The molecule has 0 aliphatic rings. The third kappa shape index (κ3) is 4.68. The summed E-state index contributed by atoms with van der Waals surface area (Å²) in [6.45, 7) is 10.7. The van der Waals surface area contributed by atoms with E-state index in [9.17, 15) is 0 Å². The molecule has 0 bridgehead atoms. The number of benzene rings is 1. The van der Waals surface area contributed by atoms with Gasteiger partial charge in [0.15, 0.2) is 0 Å². The quantitative estimate of drug-likeness (QED) is 0.878. The van der Waals surface area contributed by atoms with Gasteiger partial charge in [0.05, 0.1) is 6.33 Å². The molecule has 0 aliphatic carbocycles. The lowest BCUT2D eigenvalue weighted by Crippen LogP contribution is -2.42. The van der Waals surface area contributed by atoms with E-state index in [4.69, 9.17) is 0 Å². The highest BCUT2D eigenvalue weighted by molar-refractivity contribution is 9.10. The van der Waals surface area contributed by atoms with E-state index >= 15 is 0 Å². The molecule has 2 aromatic rings. The van der Waals surface area contributed by atoms with Gasteiger partial charge in [0.25, 0.3) is 0 Å². The fourth-order valence-electron chi connectivity index (χ4n) is 2.24. The van der Waals surface area contributed by atoms with E-state index < -0.39 is 0 Å². The van der Waals surface area contributed by atoms with Crippen LogP contribution in [-0.2, 0) is 13.1 Å². The van der Waals surface area contributed by atoms with Gasteiger partial charge in [0, 0.05) is 36.0 Å². The highest BCUT2D eigenvalue weighted by atomic mass is 79.9. The van der Waals surface area contributed by atoms with Crippen LogP contribution in [0, 0.1) is 12.3 Å². The van der Waals surface area contributed by atoms with Crippen LogP contribution in [0.3, 0.4) is 0 Å². The van der Waals surface area contributed by atoms with Crippen LogP contribution >= 0.6 is 15.9 Å². The number of nitrogens with one attached hydrogen (secondary N) is 1. The van der Waals surface area contributed by atoms with Crippen LogP contribution in [0.15, 0.2) is 41.4 Å². The van der Waals surface area contributed by atoms with Crippen LogP contribution in [-0.4, -0.2) is 15.6 Å². The number of rotatable bonds is 5. The number of imidazole rings is 1. The summed E-state index contributed by atoms with van der Waals surface area (Å²) in [5.41, 5.74) is 2.75. The second kappa shape index (κ2) is 6.75. The summed E-state index contributed by atoms with van der Waals surface area (Å²) in [4.78, 5) is 4.13. The van der Waals surface area contributed by atoms with Crippen LogP contribution in [0.4, 0.5) is 0 Å². The van der Waals surface area contributed by atoms with Gasteiger partial charge in [-0.1, -0.05) is 48.8 Å². The molecule has 0 fully saturated rings. The van der Waals surface area contributed by atoms with Crippen LogP contribution in [0.5, 0.6) is 0 Å². The van der Waals surface area contributed by atoms with E-state index in [0.29, 0.717) is 6.04 Å². The number of hydrogen-bond acceptors (Lipinski definition) is 2. The van der Waals surface area contributed by atoms with Gasteiger partial charge in [0.1, 0.15) is 0 Å². The van der Waals surface area contributed by atoms with Crippen LogP contribution in [0.1, 0.15) is 31.9 Å². The fraction of sp³-hybridized carbons (Fsp3) is 0.471. The molecule has 114 valence electrons. The molecule has 0 amide bonds. The Morgan fingerprint density at radius 2 is 2.10 bits per heavy atom. The first-order chi connectivity index (χ1) is 9.86. The molecule has 0 radical (unpaired) electrons. The normalized spacial score (nSPS) is 13.4. The van der Waals surface area contributed by atoms with Gasteiger partial charge in [-0.25, -0.2) is 4.98 Å². The average molecular weight is 350 g/mol. The molecule has 3 nitrogen and oxygen atoms in total. The van der Waals surface area contributed by atoms with Crippen molar-refractivity contribution in [3.63, 3.8) is 0 Å². The monoisotopic (exact) mass is 349 g/mol. The minimum absolute atomic E-state index is 0.187. The van der Waals surface area contributed by atoms with Crippen molar-refractivity contribution in [1.29, 1.82) is 0 Å². The molecule has 21 heavy (non-hydrogen) atoms. The molecule has 4 heteroatoms. The molecule has 1 N–H and O–H groups in total. The fourth-order valence-corrected chi connectivity index (χ4v) is 2.66. The Morgan fingerprint density at radius 1 is 1.33 bits per heavy atom. The molecular formula is C17H24BrN3. The Balaban J connectivity index is 2.03. The van der Waals surface area contributed by atoms with Crippen molar-refractivity contribution in [3.8, 4) is 0 Å².